The van der Waals surface area contributed by atoms with E-state index in [4.69, 9.17) is 5.26 Å². The molecule has 1 amide bonds. The second-order valence-corrected chi connectivity index (χ2v) is 9.33. The molecule has 2 aromatic carbocycles. The van der Waals surface area contributed by atoms with E-state index in [0.29, 0.717) is 35.2 Å². The summed E-state index contributed by atoms with van der Waals surface area (Å²) in [6, 6.07) is 9.10. The summed E-state index contributed by atoms with van der Waals surface area (Å²) < 4.78 is 33.1. The fourth-order valence-corrected chi connectivity index (χ4v) is 4.76. The number of aromatic nitrogens is 4. The maximum absolute atomic E-state index is 15.4. The van der Waals surface area contributed by atoms with Crippen LogP contribution in [0, 0.1) is 29.9 Å². The molecular formula is C26H25F2N7O. The van der Waals surface area contributed by atoms with Gasteiger partial charge in [0, 0.05) is 49.4 Å². The number of nitrogens with zero attached hydrogens (tertiary/aromatic N) is 7. The smallest absolute Gasteiger partial charge is 0.274 e. The number of fused-ring (bicyclic) bond motifs is 1. The first-order valence-electron chi connectivity index (χ1n) is 11.6. The van der Waals surface area contributed by atoms with E-state index < -0.39 is 11.6 Å². The summed E-state index contributed by atoms with van der Waals surface area (Å²) in [5.41, 5.74) is 1.50. The highest BCUT2D eigenvalue weighted by Gasteiger charge is 2.32. The van der Waals surface area contributed by atoms with Crippen LogP contribution in [0.15, 0.2) is 36.5 Å². The van der Waals surface area contributed by atoms with Crippen LogP contribution < -0.4 is 0 Å². The molecule has 5 rings (SSSR count). The van der Waals surface area contributed by atoms with Crippen molar-refractivity contribution in [2.75, 3.05) is 27.2 Å². The number of hydrogen-bond donors (Lipinski definition) is 0. The summed E-state index contributed by atoms with van der Waals surface area (Å²) in [5, 5.41) is 14.1. The summed E-state index contributed by atoms with van der Waals surface area (Å²) >= 11 is 0. The van der Waals surface area contributed by atoms with Crippen LogP contribution in [0.3, 0.4) is 0 Å². The van der Waals surface area contributed by atoms with E-state index in [9.17, 15) is 9.18 Å². The normalized spacial score (nSPS) is 15.7. The molecule has 8 nitrogen and oxygen atoms in total. The van der Waals surface area contributed by atoms with Crippen molar-refractivity contribution in [2.24, 2.45) is 7.05 Å². The second-order valence-electron chi connectivity index (χ2n) is 9.33. The van der Waals surface area contributed by atoms with E-state index in [1.165, 1.54) is 22.8 Å². The first kappa shape index (κ1) is 23.6. The van der Waals surface area contributed by atoms with Crippen molar-refractivity contribution in [3.63, 3.8) is 0 Å². The lowest BCUT2D eigenvalue weighted by Crippen LogP contribution is -2.34. The number of rotatable bonds is 4. The Morgan fingerprint density at radius 1 is 1.19 bits per heavy atom. The number of halogens is 2. The molecular weight excluding hydrogens is 464 g/mol. The Morgan fingerprint density at radius 3 is 2.64 bits per heavy atom. The van der Waals surface area contributed by atoms with E-state index in [0.717, 1.165) is 6.42 Å². The van der Waals surface area contributed by atoms with Gasteiger partial charge in [-0.25, -0.2) is 13.8 Å². The van der Waals surface area contributed by atoms with Crippen LogP contribution in [-0.4, -0.2) is 68.3 Å². The summed E-state index contributed by atoms with van der Waals surface area (Å²) in [4.78, 5) is 22.0. The molecule has 0 radical (unpaired) electrons. The summed E-state index contributed by atoms with van der Waals surface area (Å²) in [7, 11) is 5.71. The van der Waals surface area contributed by atoms with Crippen LogP contribution in [0.4, 0.5) is 8.78 Å². The number of carbonyl (C=O) groups excluding carboxylic acids is 1. The first-order chi connectivity index (χ1) is 17.2. The molecule has 1 saturated heterocycles. The van der Waals surface area contributed by atoms with Crippen molar-refractivity contribution in [1.29, 1.82) is 5.26 Å². The molecule has 1 aliphatic rings. The van der Waals surface area contributed by atoms with Crippen molar-refractivity contribution in [1.82, 2.24) is 29.1 Å². The predicted octanol–water partition coefficient (Wildman–Crippen LogP) is 3.66. The summed E-state index contributed by atoms with van der Waals surface area (Å²) in [6.45, 7) is 2.86. The third-order valence-corrected chi connectivity index (χ3v) is 6.77. The molecule has 3 heterocycles. The van der Waals surface area contributed by atoms with Gasteiger partial charge in [-0.3, -0.25) is 14.0 Å². The first-order valence-corrected chi connectivity index (χ1v) is 11.6. The van der Waals surface area contributed by atoms with Crippen LogP contribution in [0.25, 0.3) is 28.0 Å². The van der Waals surface area contributed by atoms with Gasteiger partial charge in [0.2, 0.25) is 0 Å². The molecule has 184 valence electrons. The minimum Gasteiger partial charge on any atom is -0.336 e. The molecule has 1 fully saturated rings. The highest BCUT2D eigenvalue weighted by Crippen LogP contribution is 2.32. The van der Waals surface area contributed by atoms with Crippen molar-refractivity contribution < 1.29 is 13.6 Å². The summed E-state index contributed by atoms with van der Waals surface area (Å²) in [5.74, 6) is -1.31. The molecule has 0 unspecified atom stereocenters. The number of benzene rings is 2. The Balaban J connectivity index is 1.69. The fraction of sp³-hybridized carbons (Fsp3) is 0.308. The monoisotopic (exact) mass is 489 g/mol. The van der Waals surface area contributed by atoms with Gasteiger partial charge in [0.15, 0.2) is 0 Å². The SMILES string of the molecule is Cc1c(C(=O)N2CC[C@H](N(C)C)C2)nc(-c2ccc(C#N)c(F)c2)n1-c1cc2cn(C)nc2cc1F. The zero-order valence-corrected chi connectivity index (χ0v) is 20.5. The number of hydrogen-bond acceptors (Lipinski definition) is 5. The highest BCUT2D eigenvalue weighted by molar-refractivity contribution is 5.95. The van der Waals surface area contributed by atoms with Crippen molar-refractivity contribution in [3.8, 4) is 23.1 Å². The topological polar surface area (TPSA) is 83.0 Å². The van der Waals surface area contributed by atoms with Crippen LogP contribution in [0.5, 0.6) is 0 Å². The Bertz CT molecular complexity index is 1550. The van der Waals surface area contributed by atoms with Crippen molar-refractivity contribution in [2.45, 2.75) is 19.4 Å². The molecule has 2 aromatic heterocycles. The lowest BCUT2D eigenvalue weighted by atomic mass is 10.1. The van der Waals surface area contributed by atoms with Gasteiger partial charge in [0.05, 0.1) is 22.5 Å². The number of imidazole rings is 1. The Morgan fingerprint density at radius 2 is 1.97 bits per heavy atom. The average Bonchev–Trinajstić information content (AvgIpc) is 3.54. The van der Waals surface area contributed by atoms with E-state index in [1.54, 1.807) is 48.0 Å². The van der Waals surface area contributed by atoms with Crippen LogP contribution >= 0.6 is 0 Å². The number of amides is 1. The van der Waals surface area contributed by atoms with Crippen LogP contribution in [0.2, 0.25) is 0 Å². The standard InChI is InChI=1S/C26H25F2N7O/c1-15-24(26(36)34-8-7-19(14-34)32(2)3)30-25(16-5-6-17(12-29)20(27)9-16)35(15)23-10-18-13-33(4)31-22(18)11-21(23)28/h5-6,9-11,13,19H,7-8,14H2,1-4H3/t19-/m0/s1. The maximum Gasteiger partial charge on any atom is 0.274 e. The largest absolute Gasteiger partial charge is 0.336 e. The zero-order chi connectivity index (χ0) is 25.7. The number of carbonyl (C=O) groups is 1. The lowest BCUT2D eigenvalue weighted by Gasteiger charge is -2.20. The van der Waals surface area contributed by atoms with Crippen molar-refractivity contribution >= 4 is 16.8 Å². The van der Waals surface area contributed by atoms with E-state index in [-0.39, 0.29) is 34.7 Å². The van der Waals surface area contributed by atoms with Gasteiger partial charge < -0.3 is 9.80 Å². The number of nitriles is 1. The third-order valence-electron chi connectivity index (χ3n) is 6.77. The average molecular weight is 490 g/mol. The van der Waals surface area contributed by atoms with E-state index >= 15 is 4.39 Å². The van der Waals surface area contributed by atoms with E-state index in [1.807, 2.05) is 14.1 Å². The van der Waals surface area contributed by atoms with Gasteiger partial charge in [0.1, 0.15) is 29.2 Å². The predicted molar refractivity (Wildman–Crippen MR) is 131 cm³/mol. The molecule has 1 aliphatic heterocycles. The van der Waals surface area contributed by atoms with Gasteiger partial charge >= 0.3 is 0 Å². The minimum atomic E-state index is -0.716. The number of aryl methyl sites for hydroxylation is 1. The van der Waals surface area contributed by atoms with Crippen molar-refractivity contribution in [3.05, 3.63) is 65.1 Å². The lowest BCUT2D eigenvalue weighted by molar-refractivity contribution is 0.0777. The third kappa shape index (κ3) is 3.91. The Labute approximate surface area is 207 Å². The molecule has 0 spiro atoms. The Kier molecular flexibility index (Phi) is 5.80. The second kappa shape index (κ2) is 8.84. The van der Waals surface area contributed by atoms with Crippen LogP contribution in [-0.2, 0) is 7.05 Å². The van der Waals surface area contributed by atoms with Crippen LogP contribution in [0.1, 0.15) is 28.2 Å². The quantitative estimate of drug-likeness (QED) is 0.437. The maximum atomic E-state index is 15.4. The molecule has 0 N–H and O–H groups in total. The molecule has 10 heteroatoms. The number of likely N-dealkylation sites (tertiary alicyclic amines) is 1. The highest BCUT2D eigenvalue weighted by atomic mass is 19.1. The van der Waals surface area contributed by atoms with E-state index in [2.05, 4.69) is 15.0 Å². The summed E-state index contributed by atoms with van der Waals surface area (Å²) in [6.07, 6.45) is 2.61. The van der Waals surface area contributed by atoms with Gasteiger partial charge in [-0.1, -0.05) is 0 Å². The zero-order valence-electron chi connectivity index (χ0n) is 20.5. The van der Waals surface area contributed by atoms with Gasteiger partial charge in [0.25, 0.3) is 5.91 Å². The molecule has 4 aromatic rings. The van der Waals surface area contributed by atoms with Gasteiger partial charge in [-0.2, -0.15) is 10.4 Å². The molecule has 0 aliphatic carbocycles. The molecule has 0 saturated carbocycles. The molecule has 1 atom stereocenters. The Hall–Kier alpha value is -4.10. The molecule has 36 heavy (non-hydrogen) atoms. The molecule has 0 bridgehead atoms. The van der Waals surface area contributed by atoms with Gasteiger partial charge in [-0.15, -0.1) is 0 Å². The minimum absolute atomic E-state index is 0.111. The van der Waals surface area contributed by atoms with Gasteiger partial charge in [-0.05, 0) is 51.7 Å². The fourth-order valence-electron chi connectivity index (χ4n) is 4.76. The number of likely N-dealkylation sites (N-methyl/N-ethyl adjacent to an activating group) is 1.